The number of fused-ring (bicyclic) bond motifs is 1. The minimum absolute atomic E-state index is 0.161. The van der Waals surface area contributed by atoms with Gasteiger partial charge in [0.2, 0.25) is 0 Å². The Balaban J connectivity index is 1.24. The molecule has 2 aromatic heterocycles. The largest absolute Gasteiger partial charge is 0.452 e. The van der Waals surface area contributed by atoms with Gasteiger partial charge in [-0.3, -0.25) is 9.69 Å². The molecule has 1 saturated heterocycles. The number of hydrogen-bond donors (Lipinski definition) is 0. The van der Waals surface area contributed by atoms with Crippen LogP contribution in [0.1, 0.15) is 15.2 Å². The van der Waals surface area contributed by atoms with Crippen molar-refractivity contribution in [2.45, 2.75) is 6.54 Å². The van der Waals surface area contributed by atoms with E-state index in [4.69, 9.17) is 16.3 Å². The Labute approximate surface area is 175 Å². The van der Waals surface area contributed by atoms with Gasteiger partial charge in [0.05, 0.1) is 25.6 Å². The molecule has 4 rings (SSSR count). The summed E-state index contributed by atoms with van der Waals surface area (Å²) in [7, 11) is 0. The molecule has 1 aliphatic rings. The van der Waals surface area contributed by atoms with E-state index < -0.39 is 5.97 Å². The van der Waals surface area contributed by atoms with Crippen LogP contribution in [0.4, 0.5) is 0 Å². The molecule has 3 aromatic rings. The lowest BCUT2D eigenvalue weighted by atomic mass is 10.2. The molecule has 28 heavy (non-hydrogen) atoms. The molecule has 0 radical (unpaired) electrons. The molecule has 0 saturated carbocycles. The summed E-state index contributed by atoms with van der Waals surface area (Å²) >= 11 is 9.02. The van der Waals surface area contributed by atoms with Crippen molar-refractivity contribution in [1.82, 2.24) is 14.8 Å². The summed E-state index contributed by atoms with van der Waals surface area (Å²) in [5.74, 6) is -0.650. The summed E-state index contributed by atoms with van der Waals surface area (Å²) in [5.41, 5.74) is 3.01. The summed E-state index contributed by atoms with van der Waals surface area (Å²) in [4.78, 5) is 34.1. The van der Waals surface area contributed by atoms with Crippen LogP contribution in [0.15, 0.2) is 35.8 Å². The number of esters is 1. The van der Waals surface area contributed by atoms with Crippen molar-refractivity contribution in [3.63, 3.8) is 0 Å². The van der Waals surface area contributed by atoms with Crippen LogP contribution in [0.25, 0.3) is 10.2 Å². The van der Waals surface area contributed by atoms with Crippen LogP contribution in [0, 0.1) is 0 Å². The van der Waals surface area contributed by atoms with Crippen LogP contribution in [0.5, 0.6) is 0 Å². The molecule has 0 unspecified atom stereocenters. The highest BCUT2D eigenvalue weighted by Crippen LogP contribution is 2.23. The number of piperazine rings is 1. The molecule has 0 aliphatic carbocycles. The Morgan fingerprint density at radius 3 is 2.71 bits per heavy atom. The highest BCUT2D eigenvalue weighted by atomic mass is 35.5. The number of hydrogen-bond acceptors (Lipinski definition) is 7. The number of carbonyl (C=O) groups is 2. The topological polar surface area (TPSA) is 62.7 Å². The Hall–Kier alpha value is -2.00. The van der Waals surface area contributed by atoms with Gasteiger partial charge in [0.1, 0.15) is 0 Å². The molecular weight excluding hydrogens is 418 g/mol. The van der Waals surface area contributed by atoms with Crippen LogP contribution in [-0.4, -0.2) is 59.4 Å². The standard InChI is InChI=1S/C19H18ClN3O3S2/c20-17-4-2-14(28-17)10-22-5-7-23(8-6-22)18(24)11-26-19(25)13-1-3-15-16(9-13)27-12-21-15/h1-4,9,12H,5-8,10-11H2. The van der Waals surface area contributed by atoms with E-state index in [2.05, 4.69) is 9.88 Å². The van der Waals surface area contributed by atoms with Gasteiger partial charge in [-0.2, -0.15) is 0 Å². The van der Waals surface area contributed by atoms with E-state index in [-0.39, 0.29) is 12.5 Å². The van der Waals surface area contributed by atoms with Gasteiger partial charge in [-0.25, -0.2) is 9.78 Å². The van der Waals surface area contributed by atoms with Crippen molar-refractivity contribution in [3.05, 3.63) is 50.6 Å². The number of ether oxygens (including phenoxy) is 1. The number of aromatic nitrogens is 1. The highest BCUT2D eigenvalue weighted by molar-refractivity contribution is 7.16. The number of thiazole rings is 1. The molecule has 9 heteroatoms. The molecule has 0 bridgehead atoms. The summed E-state index contributed by atoms with van der Waals surface area (Å²) in [6.07, 6.45) is 0. The van der Waals surface area contributed by atoms with Crippen molar-refractivity contribution >= 4 is 56.4 Å². The maximum atomic E-state index is 12.4. The predicted octanol–water partition coefficient (Wildman–Crippen LogP) is 3.51. The second-order valence-corrected chi connectivity index (χ2v) is 9.16. The smallest absolute Gasteiger partial charge is 0.338 e. The van der Waals surface area contributed by atoms with Crippen LogP contribution in [0.3, 0.4) is 0 Å². The Morgan fingerprint density at radius 1 is 1.14 bits per heavy atom. The van der Waals surface area contributed by atoms with Crippen LogP contribution in [-0.2, 0) is 16.1 Å². The Kier molecular flexibility index (Phi) is 5.91. The molecule has 146 valence electrons. The Morgan fingerprint density at radius 2 is 1.96 bits per heavy atom. The summed E-state index contributed by atoms with van der Waals surface area (Å²) in [6.45, 7) is 3.44. The number of carbonyl (C=O) groups excluding carboxylic acids is 2. The first kappa shape index (κ1) is 19.3. The number of nitrogens with zero attached hydrogens (tertiary/aromatic N) is 3. The monoisotopic (exact) mass is 435 g/mol. The van der Waals surface area contributed by atoms with Crippen LogP contribution in [0.2, 0.25) is 4.34 Å². The van der Waals surface area contributed by atoms with Crippen molar-refractivity contribution in [1.29, 1.82) is 0 Å². The number of rotatable bonds is 5. The zero-order valence-electron chi connectivity index (χ0n) is 15.0. The van der Waals surface area contributed by atoms with Gasteiger partial charge in [0.25, 0.3) is 5.91 Å². The minimum atomic E-state index is -0.489. The first-order valence-electron chi connectivity index (χ1n) is 8.83. The van der Waals surface area contributed by atoms with Gasteiger partial charge >= 0.3 is 5.97 Å². The minimum Gasteiger partial charge on any atom is -0.452 e. The molecule has 0 spiro atoms. The van der Waals surface area contributed by atoms with Crippen molar-refractivity contribution in [2.24, 2.45) is 0 Å². The van der Waals surface area contributed by atoms with E-state index in [9.17, 15) is 9.59 Å². The van der Waals surface area contributed by atoms with Crippen LogP contribution < -0.4 is 0 Å². The molecule has 0 atom stereocenters. The Bertz CT molecular complexity index is 995. The third-order valence-corrected chi connectivity index (χ3v) is 6.63. The third kappa shape index (κ3) is 4.52. The molecule has 0 N–H and O–H groups in total. The van der Waals surface area contributed by atoms with E-state index in [1.165, 1.54) is 16.2 Å². The number of thiophene rings is 1. The molecule has 1 aromatic carbocycles. The normalized spacial score (nSPS) is 15.1. The van der Waals surface area contributed by atoms with E-state index in [0.29, 0.717) is 18.7 Å². The molecule has 1 aliphatic heterocycles. The van der Waals surface area contributed by atoms with Gasteiger partial charge in [-0.1, -0.05) is 11.6 Å². The maximum absolute atomic E-state index is 12.4. The predicted molar refractivity (Wildman–Crippen MR) is 111 cm³/mol. The van der Waals surface area contributed by atoms with E-state index >= 15 is 0 Å². The second kappa shape index (κ2) is 8.57. The van der Waals surface area contributed by atoms with Gasteiger partial charge in [0, 0.05) is 37.6 Å². The number of amides is 1. The van der Waals surface area contributed by atoms with Crippen molar-refractivity contribution < 1.29 is 14.3 Å². The molecule has 1 amide bonds. The second-order valence-electron chi connectivity index (χ2n) is 6.47. The van der Waals surface area contributed by atoms with Gasteiger partial charge in [-0.15, -0.1) is 22.7 Å². The van der Waals surface area contributed by atoms with Crippen LogP contribution >= 0.6 is 34.3 Å². The maximum Gasteiger partial charge on any atom is 0.338 e. The third-order valence-electron chi connectivity index (χ3n) is 4.63. The highest BCUT2D eigenvalue weighted by Gasteiger charge is 2.22. The van der Waals surface area contributed by atoms with Crippen molar-refractivity contribution in [3.8, 4) is 0 Å². The zero-order chi connectivity index (χ0) is 19.5. The average Bonchev–Trinajstić information content (AvgIpc) is 3.34. The molecule has 6 nitrogen and oxygen atoms in total. The summed E-state index contributed by atoms with van der Waals surface area (Å²) < 4.78 is 6.93. The molecule has 1 fully saturated rings. The van der Waals surface area contributed by atoms with Crippen molar-refractivity contribution in [2.75, 3.05) is 32.8 Å². The fourth-order valence-corrected chi connectivity index (χ4v) is 4.94. The van der Waals surface area contributed by atoms with Gasteiger partial charge < -0.3 is 9.64 Å². The summed E-state index contributed by atoms with van der Waals surface area (Å²) in [5, 5.41) is 0. The average molecular weight is 436 g/mol. The number of benzene rings is 1. The quantitative estimate of drug-likeness (QED) is 0.574. The SMILES string of the molecule is O=C(OCC(=O)N1CCN(Cc2ccc(Cl)s2)CC1)c1ccc2ncsc2c1. The summed E-state index contributed by atoms with van der Waals surface area (Å²) in [6, 6.07) is 9.14. The number of halogens is 1. The lowest BCUT2D eigenvalue weighted by Gasteiger charge is -2.34. The van der Waals surface area contributed by atoms with E-state index in [1.54, 1.807) is 39.9 Å². The zero-order valence-corrected chi connectivity index (χ0v) is 17.4. The first-order chi connectivity index (χ1) is 13.6. The fourth-order valence-electron chi connectivity index (χ4n) is 3.10. The lowest BCUT2D eigenvalue weighted by molar-refractivity contribution is -0.136. The molecular formula is C19H18ClN3O3S2. The first-order valence-corrected chi connectivity index (χ1v) is 10.9. The van der Waals surface area contributed by atoms with Gasteiger partial charge in [-0.05, 0) is 30.3 Å². The molecule has 3 heterocycles. The van der Waals surface area contributed by atoms with E-state index in [0.717, 1.165) is 34.2 Å². The fraction of sp³-hybridized carbons (Fsp3) is 0.316. The van der Waals surface area contributed by atoms with E-state index in [1.807, 2.05) is 12.1 Å². The lowest BCUT2D eigenvalue weighted by Crippen LogP contribution is -2.49. The van der Waals surface area contributed by atoms with Gasteiger partial charge in [0.15, 0.2) is 6.61 Å².